The highest BCUT2D eigenvalue weighted by Crippen LogP contribution is 2.31. The summed E-state index contributed by atoms with van der Waals surface area (Å²) in [5, 5.41) is 31.6. The van der Waals surface area contributed by atoms with Crippen LogP contribution < -0.4 is 5.14 Å². The Balaban J connectivity index is 1.95. The topological polar surface area (TPSA) is 130 Å². The molecule has 0 aliphatic heterocycles. The lowest BCUT2D eigenvalue weighted by Gasteiger charge is -2.06. The van der Waals surface area contributed by atoms with Crippen LogP contribution in [0.3, 0.4) is 0 Å². The van der Waals surface area contributed by atoms with E-state index in [1.165, 1.54) is 12.1 Å². The molecule has 0 heterocycles. The van der Waals surface area contributed by atoms with Crippen molar-refractivity contribution < 1.29 is 13.5 Å². The molecular weight excluding hydrogens is 378 g/mol. The Morgan fingerprint density at radius 2 is 1.43 bits per heavy atom. The minimum atomic E-state index is -3.93. The second-order valence-corrected chi connectivity index (χ2v) is 7.31. The summed E-state index contributed by atoms with van der Waals surface area (Å²) >= 11 is 0. The van der Waals surface area contributed by atoms with E-state index in [9.17, 15) is 13.5 Å². The first kappa shape index (κ1) is 19.3. The molecule has 0 aliphatic carbocycles. The minimum absolute atomic E-state index is 0.0395. The number of hydrogen-bond donors (Lipinski definition) is 2. The van der Waals surface area contributed by atoms with Gasteiger partial charge < -0.3 is 5.11 Å². The van der Waals surface area contributed by atoms with Crippen LogP contribution in [-0.2, 0) is 10.0 Å². The van der Waals surface area contributed by atoms with Crippen LogP contribution in [0.1, 0.15) is 11.7 Å². The van der Waals surface area contributed by atoms with Gasteiger partial charge in [0, 0.05) is 5.56 Å². The molecule has 0 amide bonds. The third kappa shape index (κ3) is 5.06. The normalized spacial score (nSPS) is 13.2. The molecule has 3 aromatic rings. The molecular formula is C19H17N5O3S. The molecule has 142 valence electrons. The van der Waals surface area contributed by atoms with Gasteiger partial charge in [0.2, 0.25) is 16.2 Å². The molecule has 0 fully saturated rings. The summed E-state index contributed by atoms with van der Waals surface area (Å²) in [6.07, 6.45) is -0.779. The van der Waals surface area contributed by atoms with Crippen LogP contribution in [0, 0.1) is 0 Å². The number of phenols is 1. The first-order chi connectivity index (χ1) is 13.4. The number of aromatic hydroxyl groups is 1. The Morgan fingerprint density at radius 1 is 0.821 bits per heavy atom. The lowest BCUT2D eigenvalue weighted by atomic mass is 10.2. The maximum absolute atomic E-state index is 11.5. The third-order valence-electron chi connectivity index (χ3n) is 3.69. The van der Waals surface area contributed by atoms with Crippen molar-refractivity contribution in [3.8, 4) is 5.75 Å². The van der Waals surface area contributed by atoms with Crippen molar-refractivity contribution in [2.75, 3.05) is 0 Å². The predicted octanol–water partition coefficient (Wildman–Crippen LogP) is 4.61. The summed E-state index contributed by atoms with van der Waals surface area (Å²) in [4.78, 5) is -0.179. The molecule has 0 saturated carbocycles. The molecule has 8 nitrogen and oxygen atoms in total. The number of nitrogens with two attached hydrogens (primary N) is 1. The van der Waals surface area contributed by atoms with Gasteiger partial charge >= 0.3 is 0 Å². The molecule has 0 aromatic heterocycles. The number of phenolic OH excluding ortho intramolecular Hbond substituents is 1. The van der Waals surface area contributed by atoms with Crippen molar-refractivity contribution in [1.82, 2.24) is 0 Å². The van der Waals surface area contributed by atoms with Crippen LogP contribution in [0.15, 0.2) is 104 Å². The summed E-state index contributed by atoms with van der Waals surface area (Å²) in [5.74, 6) is -0.233. The van der Waals surface area contributed by atoms with Crippen molar-refractivity contribution in [2.45, 2.75) is 11.1 Å². The van der Waals surface area contributed by atoms with E-state index in [4.69, 9.17) is 5.14 Å². The van der Waals surface area contributed by atoms with Crippen LogP contribution in [0.2, 0.25) is 0 Å². The highest BCUT2D eigenvalue weighted by atomic mass is 32.2. The van der Waals surface area contributed by atoms with Crippen LogP contribution in [0.25, 0.3) is 0 Å². The van der Waals surface area contributed by atoms with Crippen LogP contribution in [0.5, 0.6) is 5.75 Å². The Morgan fingerprint density at radius 3 is 2.07 bits per heavy atom. The zero-order chi connectivity index (χ0) is 20.0. The predicted molar refractivity (Wildman–Crippen MR) is 104 cm³/mol. The highest BCUT2D eigenvalue weighted by Gasteiger charge is 2.13. The van der Waals surface area contributed by atoms with E-state index >= 15 is 0 Å². The summed E-state index contributed by atoms with van der Waals surface area (Å²) in [6, 6.07) is 21.8. The smallest absolute Gasteiger partial charge is 0.238 e. The monoisotopic (exact) mass is 395 g/mol. The quantitative estimate of drug-likeness (QED) is 0.591. The molecule has 0 spiro atoms. The number of sulfonamides is 1. The van der Waals surface area contributed by atoms with Gasteiger partial charge in [0.15, 0.2) is 0 Å². The number of primary sulfonamides is 1. The Kier molecular flexibility index (Phi) is 5.87. The number of benzene rings is 3. The van der Waals surface area contributed by atoms with E-state index in [-0.39, 0.29) is 16.3 Å². The van der Waals surface area contributed by atoms with Crippen molar-refractivity contribution in [3.63, 3.8) is 0 Å². The van der Waals surface area contributed by atoms with Gasteiger partial charge in [0.25, 0.3) is 0 Å². The van der Waals surface area contributed by atoms with E-state index in [1.54, 1.807) is 12.1 Å². The summed E-state index contributed by atoms with van der Waals surface area (Å²) in [5.41, 5.74) is 1.34. The number of nitrogens with zero attached hydrogens (tertiary/aromatic N) is 4. The third-order valence-corrected chi connectivity index (χ3v) is 4.60. The fourth-order valence-corrected chi connectivity index (χ4v) is 2.81. The van der Waals surface area contributed by atoms with Crippen LogP contribution >= 0.6 is 0 Å². The van der Waals surface area contributed by atoms with Gasteiger partial charge in [-0.25, -0.2) is 13.6 Å². The van der Waals surface area contributed by atoms with E-state index < -0.39 is 16.2 Å². The molecule has 3 N–H and O–H groups in total. The van der Waals surface area contributed by atoms with Crippen LogP contribution in [0.4, 0.5) is 11.4 Å². The number of hydrogen-bond acceptors (Lipinski definition) is 7. The van der Waals surface area contributed by atoms with Gasteiger partial charge in [-0.05, 0) is 30.3 Å². The summed E-state index contributed by atoms with van der Waals surface area (Å²) in [6.45, 7) is 0. The molecule has 3 rings (SSSR count). The van der Waals surface area contributed by atoms with Gasteiger partial charge in [-0.1, -0.05) is 48.5 Å². The molecule has 28 heavy (non-hydrogen) atoms. The van der Waals surface area contributed by atoms with Crippen molar-refractivity contribution in [2.24, 2.45) is 25.6 Å². The molecule has 9 heteroatoms. The van der Waals surface area contributed by atoms with E-state index in [1.807, 2.05) is 48.5 Å². The van der Waals surface area contributed by atoms with Gasteiger partial charge in [-0.15, -0.1) is 5.11 Å². The molecule has 3 aromatic carbocycles. The highest BCUT2D eigenvalue weighted by molar-refractivity contribution is 7.89. The van der Waals surface area contributed by atoms with Crippen molar-refractivity contribution in [1.29, 1.82) is 0 Å². The minimum Gasteiger partial charge on any atom is -0.506 e. The fourth-order valence-electron chi connectivity index (χ4n) is 2.27. The summed E-state index contributed by atoms with van der Waals surface area (Å²) in [7, 11) is -3.93. The van der Waals surface area contributed by atoms with Crippen LogP contribution in [-0.4, -0.2) is 13.5 Å². The van der Waals surface area contributed by atoms with Gasteiger partial charge in [0.05, 0.1) is 10.6 Å². The largest absolute Gasteiger partial charge is 0.506 e. The van der Waals surface area contributed by atoms with E-state index in [0.29, 0.717) is 5.69 Å². The Hall–Kier alpha value is -3.43. The SMILES string of the molecule is NS(=O)(=O)c1ccc(O)c(N=NC(N=Nc2ccccc2)c2ccccc2)c1. The standard InChI is InChI=1S/C19H17N5O3S/c20-28(26,27)16-11-12-18(25)17(13-16)22-24-19(14-7-3-1-4-8-14)23-21-15-9-5-2-6-10-15/h1-13,19,25H,(H2,20,26,27). The molecule has 0 radical (unpaired) electrons. The fraction of sp³-hybridized carbons (Fsp3) is 0.0526. The first-order valence-corrected chi connectivity index (χ1v) is 9.75. The lowest BCUT2D eigenvalue weighted by molar-refractivity contribution is 0.475. The maximum atomic E-state index is 11.5. The second kappa shape index (κ2) is 8.51. The van der Waals surface area contributed by atoms with Gasteiger partial charge in [0.1, 0.15) is 11.4 Å². The summed E-state index contributed by atoms with van der Waals surface area (Å²) < 4.78 is 23.0. The number of azo groups is 2. The van der Waals surface area contributed by atoms with Gasteiger partial charge in [-0.3, -0.25) is 0 Å². The molecule has 0 bridgehead atoms. The van der Waals surface area contributed by atoms with Crippen molar-refractivity contribution >= 4 is 21.4 Å². The Labute approximate surface area is 162 Å². The average Bonchev–Trinajstić information content (AvgIpc) is 2.70. The second-order valence-electron chi connectivity index (χ2n) is 5.75. The molecule has 1 atom stereocenters. The number of rotatable bonds is 6. The first-order valence-electron chi connectivity index (χ1n) is 8.21. The molecule has 0 aliphatic rings. The lowest BCUT2D eigenvalue weighted by Crippen LogP contribution is -2.11. The van der Waals surface area contributed by atoms with E-state index in [0.717, 1.165) is 11.6 Å². The molecule has 1 unspecified atom stereocenters. The average molecular weight is 395 g/mol. The Bertz CT molecular complexity index is 1100. The zero-order valence-electron chi connectivity index (χ0n) is 14.6. The van der Waals surface area contributed by atoms with Gasteiger partial charge in [-0.2, -0.15) is 15.3 Å². The maximum Gasteiger partial charge on any atom is 0.238 e. The van der Waals surface area contributed by atoms with E-state index in [2.05, 4.69) is 20.5 Å². The van der Waals surface area contributed by atoms with Crippen molar-refractivity contribution in [3.05, 3.63) is 84.4 Å². The molecule has 0 saturated heterocycles. The zero-order valence-corrected chi connectivity index (χ0v) is 15.4.